The number of hydrogen-bond donors (Lipinski definition) is 1. The molecule has 1 N–H and O–H groups in total. The summed E-state index contributed by atoms with van der Waals surface area (Å²) in [6.07, 6.45) is 2.65. The lowest BCUT2D eigenvalue weighted by Gasteiger charge is -2.10. The predicted octanol–water partition coefficient (Wildman–Crippen LogP) is 1.87. The molecule has 0 saturated carbocycles. The van der Waals surface area contributed by atoms with Crippen LogP contribution in [0.2, 0.25) is 0 Å². The van der Waals surface area contributed by atoms with Crippen LogP contribution >= 0.6 is 15.9 Å². The maximum absolute atomic E-state index is 11.9. The number of aryl methyl sites for hydroxylation is 1. The molecule has 4 nitrogen and oxygen atoms in total. The number of hydrogen-bond acceptors (Lipinski definition) is 3. The molecule has 5 heteroatoms. The maximum Gasteiger partial charge on any atom is 0.268 e. The van der Waals surface area contributed by atoms with Gasteiger partial charge < -0.3 is 5.32 Å². The summed E-state index contributed by atoms with van der Waals surface area (Å²) < 4.78 is 2.09. The van der Waals surface area contributed by atoms with Gasteiger partial charge in [0.2, 0.25) is 0 Å². The van der Waals surface area contributed by atoms with Crippen molar-refractivity contribution in [2.45, 2.75) is 26.8 Å². The lowest BCUT2D eigenvalue weighted by Crippen LogP contribution is -2.26. The van der Waals surface area contributed by atoms with Crippen LogP contribution in [0.1, 0.15) is 19.0 Å². The zero-order valence-electron chi connectivity index (χ0n) is 10.3. The summed E-state index contributed by atoms with van der Waals surface area (Å²) in [5.74, 6) is 0. The lowest BCUT2D eigenvalue weighted by molar-refractivity contribution is 0.653. The van der Waals surface area contributed by atoms with Crippen LogP contribution in [-0.2, 0) is 6.54 Å². The van der Waals surface area contributed by atoms with Crippen LogP contribution in [0, 0.1) is 6.92 Å². The molecular weight excluding hydrogens is 282 g/mol. The molecule has 0 radical (unpaired) electrons. The van der Waals surface area contributed by atoms with Gasteiger partial charge in [-0.15, -0.1) is 0 Å². The SMILES string of the molecule is C=C(CNCCC)Cn1cnc(C)c(Br)c1=O. The molecule has 0 aliphatic rings. The molecular formula is C12H18BrN3O. The highest BCUT2D eigenvalue weighted by molar-refractivity contribution is 9.10. The summed E-state index contributed by atoms with van der Waals surface area (Å²) in [6, 6.07) is 0. The van der Waals surface area contributed by atoms with E-state index in [1.165, 1.54) is 0 Å². The number of nitrogens with zero attached hydrogens (tertiary/aromatic N) is 2. The van der Waals surface area contributed by atoms with E-state index in [1.807, 2.05) is 0 Å². The number of rotatable bonds is 6. The van der Waals surface area contributed by atoms with Crippen LogP contribution in [0.15, 0.2) is 27.7 Å². The van der Waals surface area contributed by atoms with E-state index in [9.17, 15) is 4.79 Å². The summed E-state index contributed by atoms with van der Waals surface area (Å²) in [5.41, 5.74) is 1.62. The molecule has 0 aliphatic carbocycles. The summed E-state index contributed by atoms with van der Waals surface area (Å²) in [4.78, 5) is 16.0. The molecule has 1 aromatic heterocycles. The first kappa shape index (κ1) is 14.1. The van der Waals surface area contributed by atoms with Crippen LogP contribution < -0.4 is 10.9 Å². The van der Waals surface area contributed by atoms with Gasteiger partial charge in [0.05, 0.1) is 12.0 Å². The van der Waals surface area contributed by atoms with Gasteiger partial charge in [-0.3, -0.25) is 9.36 Å². The van der Waals surface area contributed by atoms with E-state index < -0.39 is 0 Å². The Bertz CT molecular complexity index is 454. The van der Waals surface area contributed by atoms with Crippen molar-refractivity contribution in [3.05, 3.63) is 39.0 Å². The van der Waals surface area contributed by atoms with Gasteiger partial charge in [-0.25, -0.2) is 4.98 Å². The molecule has 1 heterocycles. The Morgan fingerprint density at radius 3 is 3.00 bits per heavy atom. The lowest BCUT2D eigenvalue weighted by atomic mass is 10.3. The highest BCUT2D eigenvalue weighted by Gasteiger charge is 2.05. The van der Waals surface area contributed by atoms with E-state index in [1.54, 1.807) is 17.8 Å². The molecule has 0 bridgehead atoms. The van der Waals surface area contributed by atoms with E-state index >= 15 is 0 Å². The Morgan fingerprint density at radius 1 is 1.65 bits per heavy atom. The normalized spacial score (nSPS) is 10.5. The first-order valence-corrected chi connectivity index (χ1v) is 6.44. The molecule has 1 rings (SSSR count). The van der Waals surface area contributed by atoms with Crippen LogP contribution in [0.5, 0.6) is 0 Å². The van der Waals surface area contributed by atoms with Crippen molar-refractivity contribution < 1.29 is 0 Å². The minimum absolute atomic E-state index is 0.0610. The third-order valence-corrected chi connectivity index (χ3v) is 3.27. The van der Waals surface area contributed by atoms with Crippen molar-refractivity contribution in [2.24, 2.45) is 0 Å². The smallest absolute Gasteiger partial charge is 0.268 e. The summed E-state index contributed by atoms with van der Waals surface area (Å²) in [6.45, 7) is 10.1. The van der Waals surface area contributed by atoms with Crippen molar-refractivity contribution in [2.75, 3.05) is 13.1 Å². The van der Waals surface area contributed by atoms with Gasteiger partial charge in [-0.1, -0.05) is 13.5 Å². The molecule has 0 atom stereocenters. The van der Waals surface area contributed by atoms with E-state index in [0.717, 1.165) is 25.1 Å². The average Bonchev–Trinajstić information content (AvgIpc) is 2.30. The van der Waals surface area contributed by atoms with Crippen molar-refractivity contribution >= 4 is 15.9 Å². The second-order valence-electron chi connectivity index (χ2n) is 4.00. The van der Waals surface area contributed by atoms with Gasteiger partial charge in [0.15, 0.2) is 0 Å². The largest absolute Gasteiger partial charge is 0.313 e. The number of halogens is 1. The summed E-state index contributed by atoms with van der Waals surface area (Å²) in [7, 11) is 0. The highest BCUT2D eigenvalue weighted by Crippen LogP contribution is 2.06. The molecule has 0 aromatic carbocycles. The van der Waals surface area contributed by atoms with Crippen molar-refractivity contribution in [1.82, 2.24) is 14.9 Å². The fourth-order valence-electron chi connectivity index (χ4n) is 1.40. The Morgan fingerprint density at radius 2 is 2.35 bits per heavy atom. The average molecular weight is 300 g/mol. The van der Waals surface area contributed by atoms with Gasteiger partial charge >= 0.3 is 0 Å². The van der Waals surface area contributed by atoms with E-state index in [-0.39, 0.29) is 5.56 Å². The molecule has 0 aliphatic heterocycles. The third-order valence-electron chi connectivity index (χ3n) is 2.35. The summed E-state index contributed by atoms with van der Waals surface area (Å²) >= 11 is 3.24. The molecule has 0 unspecified atom stereocenters. The van der Waals surface area contributed by atoms with Gasteiger partial charge in [-0.05, 0) is 41.4 Å². The first-order chi connectivity index (χ1) is 8.06. The quantitative estimate of drug-likeness (QED) is 0.644. The van der Waals surface area contributed by atoms with Crippen molar-refractivity contribution in [1.29, 1.82) is 0 Å². The number of aromatic nitrogens is 2. The highest BCUT2D eigenvalue weighted by atomic mass is 79.9. The minimum Gasteiger partial charge on any atom is -0.313 e. The molecule has 0 spiro atoms. The molecule has 0 amide bonds. The topological polar surface area (TPSA) is 46.9 Å². The summed E-state index contributed by atoms with van der Waals surface area (Å²) in [5, 5.41) is 3.25. The Balaban J connectivity index is 2.66. The molecule has 17 heavy (non-hydrogen) atoms. The predicted molar refractivity (Wildman–Crippen MR) is 73.2 cm³/mol. The molecule has 1 aromatic rings. The standard InChI is InChI=1S/C12H18BrN3O/c1-4-5-14-6-9(2)7-16-8-15-10(3)11(13)12(16)17/h8,14H,2,4-7H2,1,3H3. The monoisotopic (exact) mass is 299 g/mol. The zero-order chi connectivity index (χ0) is 12.8. The van der Waals surface area contributed by atoms with Crippen molar-refractivity contribution in [3.8, 4) is 0 Å². The van der Waals surface area contributed by atoms with Gasteiger partial charge in [-0.2, -0.15) is 0 Å². The Labute approximate surface area is 110 Å². The van der Waals surface area contributed by atoms with Gasteiger partial charge in [0, 0.05) is 13.1 Å². The van der Waals surface area contributed by atoms with Gasteiger partial charge in [0.1, 0.15) is 4.47 Å². The molecule has 0 fully saturated rings. The fraction of sp³-hybridized carbons (Fsp3) is 0.500. The number of nitrogens with one attached hydrogen (secondary N) is 1. The van der Waals surface area contributed by atoms with Gasteiger partial charge in [0.25, 0.3) is 5.56 Å². The van der Waals surface area contributed by atoms with Crippen LogP contribution in [0.25, 0.3) is 0 Å². The van der Waals surface area contributed by atoms with Crippen LogP contribution in [-0.4, -0.2) is 22.6 Å². The van der Waals surface area contributed by atoms with Crippen LogP contribution in [0.4, 0.5) is 0 Å². The van der Waals surface area contributed by atoms with Crippen LogP contribution in [0.3, 0.4) is 0 Å². The maximum atomic E-state index is 11.9. The zero-order valence-corrected chi connectivity index (χ0v) is 11.9. The minimum atomic E-state index is -0.0610. The Hall–Kier alpha value is -0.940. The van der Waals surface area contributed by atoms with E-state index in [2.05, 4.69) is 39.7 Å². The fourth-order valence-corrected chi connectivity index (χ4v) is 1.73. The molecule has 94 valence electrons. The van der Waals surface area contributed by atoms with E-state index in [0.29, 0.717) is 16.7 Å². The second-order valence-corrected chi connectivity index (χ2v) is 4.80. The first-order valence-electron chi connectivity index (χ1n) is 5.65. The Kier molecular flexibility index (Phi) is 5.58. The van der Waals surface area contributed by atoms with E-state index in [4.69, 9.17) is 0 Å². The second kappa shape index (κ2) is 6.71. The molecule has 0 saturated heterocycles. The third kappa shape index (κ3) is 4.09. The van der Waals surface area contributed by atoms with Crippen molar-refractivity contribution in [3.63, 3.8) is 0 Å².